The zero-order valence-electron chi connectivity index (χ0n) is 17.5. The van der Waals surface area contributed by atoms with Crippen molar-refractivity contribution >= 4 is 41.0 Å². The van der Waals surface area contributed by atoms with Gasteiger partial charge in [-0.2, -0.15) is 0 Å². The molecule has 3 aliphatic heterocycles. The third-order valence-electron chi connectivity index (χ3n) is 7.54. The Bertz CT molecular complexity index is 1320. The lowest BCUT2D eigenvalue weighted by Crippen LogP contribution is -2.77. The smallest absolute Gasteiger partial charge is 0.266 e. The van der Waals surface area contributed by atoms with Crippen molar-refractivity contribution < 1.29 is 14.7 Å². The highest BCUT2D eigenvalue weighted by Gasteiger charge is 2.77. The van der Waals surface area contributed by atoms with E-state index in [1.54, 1.807) is 0 Å². The number of hydrogen-bond acceptors (Lipinski definition) is 6. The molecule has 5 N–H and O–H groups in total. The second-order valence-electron chi connectivity index (χ2n) is 9.02. The molecule has 9 heteroatoms. The fourth-order valence-electron chi connectivity index (χ4n) is 5.78. The zero-order chi connectivity index (χ0) is 22.6. The molecular formula is C23H23N5O3S. The number of likely N-dealkylation sites (N-methyl/N-ethyl adjacent to an activating group) is 1. The van der Waals surface area contributed by atoms with Crippen LogP contribution >= 0.6 is 12.6 Å². The molecule has 0 saturated carbocycles. The van der Waals surface area contributed by atoms with Crippen LogP contribution in [0, 0.1) is 0 Å². The van der Waals surface area contributed by atoms with Crippen molar-refractivity contribution in [1.82, 2.24) is 14.8 Å². The number of piperazine rings is 1. The van der Waals surface area contributed by atoms with E-state index in [2.05, 4.69) is 10.3 Å². The maximum absolute atomic E-state index is 13.7. The number of H-pyrrole nitrogens is 1. The van der Waals surface area contributed by atoms with E-state index >= 15 is 0 Å². The molecule has 2 fully saturated rings. The third kappa shape index (κ3) is 1.90. The molecule has 2 aromatic carbocycles. The van der Waals surface area contributed by atoms with Crippen molar-refractivity contribution in [2.45, 2.75) is 35.1 Å². The first-order chi connectivity index (χ1) is 15.2. The monoisotopic (exact) mass is 449 g/mol. The van der Waals surface area contributed by atoms with Crippen molar-refractivity contribution in [3.05, 3.63) is 65.9 Å². The van der Waals surface area contributed by atoms with E-state index < -0.39 is 40.0 Å². The van der Waals surface area contributed by atoms with Crippen molar-refractivity contribution in [1.29, 1.82) is 0 Å². The van der Waals surface area contributed by atoms with E-state index in [1.807, 2.05) is 54.7 Å². The predicted octanol–water partition coefficient (Wildman–Crippen LogP) is 1.18. The van der Waals surface area contributed by atoms with E-state index in [9.17, 15) is 14.7 Å². The number of carbonyl (C=O) groups excluding carboxylic acids is 2. The van der Waals surface area contributed by atoms with Crippen LogP contribution < -0.4 is 11.1 Å². The van der Waals surface area contributed by atoms with Gasteiger partial charge in [-0.3, -0.25) is 14.5 Å². The molecule has 4 heterocycles. The molecule has 6 rings (SSSR count). The Kier molecular flexibility index (Phi) is 3.60. The molecule has 2 saturated heterocycles. The number of aliphatic hydroxyl groups is 1. The molecule has 0 aliphatic carbocycles. The molecule has 3 aliphatic rings. The Balaban J connectivity index is 1.71. The zero-order valence-corrected chi connectivity index (χ0v) is 18.4. The fourth-order valence-corrected chi connectivity index (χ4v) is 6.34. The molecular weight excluding hydrogens is 426 g/mol. The molecule has 2 amide bonds. The first kappa shape index (κ1) is 19.7. The number of aromatic amines is 1. The normalized spacial score (nSPS) is 35.7. The minimum Gasteiger partial charge on any atom is -0.388 e. The number of nitrogens with two attached hydrogens (primary N) is 1. The van der Waals surface area contributed by atoms with Crippen LogP contribution in [0.5, 0.6) is 0 Å². The number of anilines is 1. The van der Waals surface area contributed by atoms with Crippen LogP contribution in [-0.4, -0.2) is 61.6 Å². The first-order valence-electron chi connectivity index (χ1n) is 10.4. The van der Waals surface area contributed by atoms with E-state index in [0.29, 0.717) is 0 Å². The van der Waals surface area contributed by atoms with Gasteiger partial charge in [0.25, 0.3) is 11.8 Å². The van der Waals surface area contributed by atoms with Crippen LogP contribution in [0.25, 0.3) is 10.9 Å². The van der Waals surface area contributed by atoms with Crippen LogP contribution in [0.1, 0.15) is 18.1 Å². The first-order valence-corrected chi connectivity index (χ1v) is 10.9. The standard InChI is InChI=1S/C23H23N5O3S/c1-21(24)19(30)28-18-22(13-8-4-6-10-16(13)26-18,17(29)23(28,32)20(31)27(21)2)14-11-25-15-9-5-3-7-12(14)15/h3-11,17-18,25-26,29,32H,24H2,1-2H3/t17-,18+,21?,22+,23-/m0/s1. The molecule has 8 nitrogen and oxygen atoms in total. The number of aliphatic hydroxyl groups excluding tert-OH is 1. The number of benzene rings is 2. The van der Waals surface area contributed by atoms with Gasteiger partial charge in [-0.05, 0) is 30.2 Å². The Hall–Kier alpha value is -3.01. The number of thiol groups is 1. The minimum atomic E-state index is -1.80. The SMILES string of the molecule is CN1C(=O)[C@@]2(S)[C@@H](O)[C@]3(c4c[nH]c5ccccc45)c4ccccc4N[C@@H]3N2C(=O)C1(C)N. The van der Waals surface area contributed by atoms with E-state index in [-0.39, 0.29) is 0 Å². The van der Waals surface area contributed by atoms with Crippen molar-refractivity contribution in [2.24, 2.45) is 5.73 Å². The minimum absolute atomic E-state index is 0.485. The summed E-state index contributed by atoms with van der Waals surface area (Å²) in [6, 6.07) is 15.4. The van der Waals surface area contributed by atoms with Gasteiger partial charge in [0.1, 0.15) is 12.3 Å². The number of para-hydroxylation sites is 2. The number of nitrogens with zero attached hydrogens (tertiary/aromatic N) is 2. The van der Waals surface area contributed by atoms with Crippen molar-refractivity contribution in [3.8, 4) is 0 Å². The van der Waals surface area contributed by atoms with Crippen LogP contribution in [0.4, 0.5) is 5.69 Å². The summed E-state index contributed by atoms with van der Waals surface area (Å²) in [6.07, 6.45) is -0.270. The summed E-state index contributed by atoms with van der Waals surface area (Å²) in [6.45, 7) is 1.50. The summed E-state index contributed by atoms with van der Waals surface area (Å²) in [5.74, 6) is -1.01. The molecule has 5 atom stereocenters. The molecule has 3 aromatic rings. The van der Waals surface area contributed by atoms with Gasteiger partial charge in [0.2, 0.25) is 0 Å². The fraction of sp³-hybridized carbons (Fsp3) is 0.304. The Morgan fingerprint density at radius 3 is 2.53 bits per heavy atom. The summed E-state index contributed by atoms with van der Waals surface area (Å²) in [7, 11) is 1.47. The highest BCUT2D eigenvalue weighted by atomic mass is 32.1. The van der Waals surface area contributed by atoms with Gasteiger partial charge in [0, 0.05) is 29.8 Å². The second kappa shape index (κ2) is 5.86. The van der Waals surface area contributed by atoms with Gasteiger partial charge < -0.3 is 26.0 Å². The number of hydrogen-bond donors (Lipinski definition) is 5. The van der Waals surface area contributed by atoms with E-state index in [0.717, 1.165) is 27.7 Å². The van der Waals surface area contributed by atoms with Crippen LogP contribution in [-0.2, 0) is 15.0 Å². The van der Waals surface area contributed by atoms with Gasteiger partial charge in [0.05, 0.1) is 5.41 Å². The maximum atomic E-state index is 13.7. The maximum Gasteiger partial charge on any atom is 0.266 e. The number of fused-ring (bicyclic) bond motifs is 6. The Labute approximate surface area is 189 Å². The second-order valence-corrected chi connectivity index (χ2v) is 9.71. The quantitative estimate of drug-likeness (QED) is 0.358. The van der Waals surface area contributed by atoms with Gasteiger partial charge in [-0.25, -0.2) is 0 Å². The summed E-state index contributed by atoms with van der Waals surface area (Å²) >= 11 is 4.73. The Morgan fingerprint density at radius 2 is 1.75 bits per heavy atom. The van der Waals surface area contributed by atoms with Crippen molar-refractivity contribution in [3.63, 3.8) is 0 Å². The van der Waals surface area contributed by atoms with E-state index in [1.165, 1.54) is 23.8 Å². The number of carbonyl (C=O) groups is 2. The number of nitrogens with one attached hydrogen (secondary N) is 2. The van der Waals surface area contributed by atoms with Gasteiger partial charge >= 0.3 is 0 Å². The largest absolute Gasteiger partial charge is 0.388 e. The molecule has 1 aromatic heterocycles. The van der Waals surface area contributed by atoms with E-state index in [4.69, 9.17) is 18.4 Å². The average Bonchev–Trinajstić information content (AvgIpc) is 3.41. The lowest BCUT2D eigenvalue weighted by Gasteiger charge is -2.51. The van der Waals surface area contributed by atoms with Gasteiger partial charge in [-0.15, -0.1) is 12.6 Å². The highest BCUT2D eigenvalue weighted by Crippen LogP contribution is 2.61. The summed E-state index contributed by atoms with van der Waals surface area (Å²) in [4.78, 5) is 31.3. The van der Waals surface area contributed by atoms with Gasteiger partial charge in [-0.1, -0.05) is 36.4 Å². The summed E-state index contributed by atoms with van der Waals surface area (Å²) in [5, 5.41) is 16.3. The number of amides is 2. The Morgan fingerprint density at radius 1 is 1.06 bits per heavy atom. The lowest BCUT2D eigenvalue weighted by molar-refractivity contribution is -0.171. The molecule has 0 spiro atoms. The lowest BCUT2D eigenvalue weighted by atomic mass is 9.70. The number of rotatable bonds is 1. The summed E-state index contributed by atoms with van der Waals surface area (Å²) in [5.41, 5.74) is 6.86. The predicted molar refractivity (Wildman–Crippen MR) is 123 cm³/mol. The molecule has 164 valence electrons. The summed E-state index contributed by atoms with van der Waals surface area (Å²) < 4.78 is 0. The number of aromatic nitrogens is 1. The van der Waals surface area contributed by atoms with Gasteiger partial charge in [0.15, 0.2) is 10.5 Å². The molecule has 0 bridgehead atoms. The third-order valence-corrected chi connectivity index (χ3v) is 8.19. The topological polar surface area (TPSA) is 115 Å². The van der Waals surface area contributed by atoms with Crippen LogP contribution in [0.2, 0.25) is 0 Å². The van der Waals surface area contributed by atoms with Crippen molar-refractivity contribution in [2.75, 3.05) is 12.4 Å². The molecule has 1 unspecified atom stereocenters. The molecule has 32 heavy (non-hydrogen) atoms. The average molecular weight is 450 g/mol. The van der Waals surface area contributed by atoms with Crippen LogP contribution in [0.15, 0.2) is 54.7 Å². The molecule has 0 radical (unpaired) electrons. The highest BCUT2D eigenvalue weighted by molar-refractivity contribution is 7.82. The van der Waals surface area contributed by atoms with Crippen LogP contribution in [0.3, 0.4) is 0 Å².